The first-order chi connectivity index (χ1) is 12.0. The van der Waals surface area contributed by atoms with Crippen molar-refractivity contribution in [1.29, 1.82) is 0 Å². The van der Waals surface area contributed by atoms with Crippen LogP contribution in [0, 0.1) is 5.92 Å². The molecule has 0 aromatic carbocycles. The number of aryl methyl sites for hydroxylation is 1. The number of imidazole rings is 2. The van der Waals surface area contributed by atoms with Crippen molar-refractivity contribution >= 4 is 34.0 Å². The summed E-state index contributed by atoms with van der Waals surface area (Å²) in [5.41, 5.74) is 13.9. The quantitative estimate of drug-likeness (QED) is 0.435. The fraction of sp³-hybridized carbons (Fsp3) is 0.333. The smallest absolute Gasteiger partial charge is 0.183 e. The standard InChI is InChI=1S/C10H15N5.C5H5N5/c1-6(2)3-4-7-14-9(11)8-10(15-7)13-5-12-8;6-4-3-5(9-1-7-3)10-2-8-4/h5-6H,3-4H2,1-2H3,(H3,11,12,13,14,15);1-2H,(H3,6,7,8,9,10). The zero-order chi connectivity index (χ0) is 17.8. The second-order valence-corrected chi connectivity index (χ2v) is 5.92. The van der Waals surface area contributed by atoms with E-state index in [-0.39, 0.29) is 0 Å². The van der Waals surface area contributed by atoms with E-state index in [9.17, 15) is 0 Å². The molecule has 4 aromatic rings. The fourth-order valence-corrected chi connectivity index (χ4v) is 2.22. The molecular formula is C15H20N10. The molecule has 0 saturated heterocycles. The Kier molecular flexibility index (Phi) is 4.68. The third kappa shape index (κ3) is 3.79. The van der Waals surface area contributed by atoms with Crippen LogP contribution in [-0.2, 0) is 6.42 Å². The lowest BCUT2D eigenvalue weighted by Crippen LogP contribution is -2.02. The molecule has 0 spiro atoms. The van der Waals surface area contributed by atoms with Crippen molar-refractivity contribution in [3.8, 4) is 0 Å². The molecule has 0 radical (unpaired) electrons. The van der Waals surface area contributed by atoms with Gasteiger partial charge in [0.2, 0.25) is 0 Å². The highest BCUT2D eigenvalue weighted by Crippen LogP contribution is 2.14. The summed E-state index contributed by atoms with van der Waals surface area (Å²) in [5.74, 6) is 2.34. The Morgan fingerprint density at radius 1 is 0.880 bits per heavy atom. The molecule has 130 valence electrons. The Morgan fingerprint density at radius 3 is 2.24 bits per heavy atom. The molecule has 10 nitrogen and oxygen atoms in total. The molecule has 10 heteroatoms. The number of H-pyrrole nitrogens is 2. The minimum Gasteiger partial charge on any atom is -0.382 e. The first-order valence-corrected chi connectivity index (χ1v) is 7.89. The molecule has 0 unspecified atom stereocenters. The van der Waals surface area contributed by atoms with Gasteiger partial charge in [-0.05, 0) is 12.3 Å². The summed E-state index contributed by atoms with van der Waals surface area (Å²) in [4.78, 5) is 29.9. The lowest BCUT2D eigenvalue weighted by atomic mass is 10.1. The second-order valence-electron chi connectivity index (χ2n) is 5.92. The lowest BCUT2D eigenvalue weighted by molar-refractivity contribution is 0.576. The van der Waals surface area contributed by atoms with Gasteiger partial charge < -0.3 is 21.4 Å². The van der Waals surface area contributed by atoms with E-state index >= 15 is 0 Å². The van der Waals surface area contributed by atoms with Crippen LogP contribution in [0.4, 0.5) is 11.6 Å². The Balaban J connectivity index is 0.000000157. The van der Waals surface area contributed by atoms with Crippen molar-refractivity contribution in [2.45, 2.75) is 26.7 Å². The summed E-state index contributed by atoms with van der Waals surface area (Å²) in [5, 5.41) is 0. The van der Waals surface area contributed by atoms with Crippen molar-refractivity contribution in [3.63, 3.8) is 0 Å². The number of aromatic nitrogens is 8. The minimum absolute atomic E-state index is 0.433. The zero-order valence-electron chi connectivity index (χ0n) is 14.1. The van der Waals surface area contributed by atoms with Crippen LogP contribution >= 0.6 is 0 Å². The van der Waals surface area contributed by atoms with Crippen molar-refractivity contribution in [2.75, 3.05) is 11.5 Å². The van der Waals surface area contributed by atoms with Crippen molar-refractivity contribution in [3.05, 3.63) is 24.8 Å². The SMILES string of the molecule is CC(C)CCc1nc(N)c2[nH]cnc2n1.Nc1ncnc2nc[nH]c12. The highest BCUT2D eigenvalue weighted by atomic mass is 15.0. The molecule has 0 atom stereocenters. The van der Waals surface area contributed by atoms with E-state index in [2.05, 4.69) is 53.7 Å². The molecule has 4 heterocycles. The van der Waals surface area contributed by atoms with Gasteiger partial charge in [0, 0.05) is 6.42 Å². The van der Waals surface area contributed by atoms with Crippen molar-refractivity contribution < 1.29 is 0 Å². The van der Waals surface area contributed by atoms with Crippen LogP contribution in [-0.4, -0.2) is 39.9 Å². The van der Waals surface area contributed by atoms with Crippen LogP contribution in [0.15, 0.2) is 19.0 Å². The molecule has 0 saturated carbocycles. The normalized spacial score (nSPS) is 11.0. The summed E-state index contributed by atoms with van der Waals surface area (Å²) in [7, 11) is 0. The fourth-order valence-electron chi connectivity index (χ4n) is 2.22. The maximum atomic E-state index is 5.79. The van der Waals surface area contributed by atoms with Crippen LogP contribution in [0.1, 0.15) is 26.1 Å². The number of fused-ring (bicyclic) bond motifs is 2. The van der Waals surface area contributed by atoms with Gasteiger partial charge in [0.1, 0.15) is 23.2 Å². The number of hydrogen-bond acceptors (Lipinski definition) is 8. The first-order valence-electron chi connectivity index (χ1n) is 7.89. The lowest BCUT2D eigenvalue weighted by Gasteiger charge is -2.04. The molecule has 6 N–H and O–H groups in total. The maximum absolute atomic E-state index is 5.79. The minimum atomic E-state index is 0.433. The van der Waals surface area contributed by atoms with E-state index < -0.39 is 0 Å². The Labute approximate surface area is 143 Å². The first kappa shape index (κ1) is 16.6. The number of nitrogens with two attached hydrogens (primary N) is 2. The van der Waals surface area contributed by atoms with E-state index in [1.165, 1.54) is 12.7 Å². The van der Waals surface area contributed by atoms with Gasteiger partial charge in [0.25, 0.3) is 0 Å². The van der Waals surface area contributed by atoms with Crippen LogP contribution in [0.25, 0.3) is 22.3 Å². The highest BCUT2D eigenvalue weighted by Gasteiger charge is 2.07. The third-order valence-corrected chi connectivity index (χ3v) is 3.56. The van der Waals surface area contributed by atoms with Gasteiger partial charge in [-0.2, -0.15) is 0 Å². The van der Waals surface area contributed by atoms with E-state index in [1.807, 2.05) is 0 Å². The molecule has 25 heavy (non-hydrogen) atoms. The van der Waals surface area contributed by atoms with Crippen LogP contribution in [0.5, 0.6) is 0 Å². The summed E-state index contributed by atoms with van der Waals surface area (Å²) < 4.78 is 0. The molecule has 0 bridgehead atoms. The third-order valence-electron chi connectivity index (χ3n) is 3.56. The Hall–Kier alpha value is -3.30. The highest BCUT2D eigenvalue weighted by molar-refractivity contribution is 5.81. The summed E-state index contributed by atoms with van der Waals surface area (Å²) >= 11 is 0. The van der Waals surface area contributed by atoms with E-state index in [4.69, 9.17) is 11.5 Å². The summed E-state index contributed by atoms with van der Waals surface area (Å²) in [6.45, 7) is 4.35. The number of aromatic amines is 2. The van der Waals surface area contributed by atoms with Gasteiger partial charge in [0.05, 0.1) is 12.7 Å². The zero-order valence-corrected chi connectivity index (χ0v) is 14.1. The second kappa shape index (κ2) is 7.07. The van der Waals surface area contributed by atoms with Gasteiger partial charge in [-0.15, -0.1) is 0 Å². The van der Waals surface area contributed by atoms with E-state index in [0.717, 1.165) is 24.2 Å². The summed E-state index contributed by atoms with van der Waals surface area (Å²) in [6, 6.07) is 0. The van der Waals surface area contributed by atoms with Crippen LogP contribution in [0.2, 0.25) is 0 Å². The van der Waals surface area contributed by atoms with Gasteiger partial charge in [-0.1, -0.05) is 13.8 Å². The molecule has 4 aromatic heterocycles. The number of nitrogens with one attached hydrogen (secondary N) is 2. The van der Waals surface area contributed by atoms with Crippen molar-refractivity contribution in [1.82, 2.24) is 39.9 Å². The maximum Gasteiger partial charge on any atom is 0.183 e. The van der Waals surface area contributed by atoms with Crippen LogP contribution in [0.3, 0.4) is 0 Å². The average Bonchev–Trinajstić information content (AvgIpc) is 3.23. The number of anilines is 2. The van der Waals surface area contributed by atoms with E-state index in [1.54, 1.807) is 6.33 Å². The van der Waals surface area contributed by atoms with Gasteiger partial charge in [0.15, 0.2) is 22.9 Å². The number of nitrogen functional groups attached to an aromatic ring is 2. The molecule has 0 amide bonds. The molecule has 0 aliphatic carbocycles. The molecule has 0 aliphatic heterocycles. The Bertz CT molecular complexity index is 971. The molecular weight excluding hydrogens is 320 g/mol. The van der Waals surface area contributed by atoms with Crippen molar-refractivity contribution in [2.24, 2.45) is 5.92 Å². The predicted octanol–water partition coefficient (Wildman–Crippen LogP) is 1.46. The molecule has 0 aliphatic rings. The van der Waals surface area contributed by atoms with E-state index in [0.29, 0.717) is 34.4 Å². The van der Waals surface area contributed by atoms with Gasteiger partial charge in [-0.3, -0.25) is 0 Å². The largest absolute Gasteiger partial charge is 0.382 e. The molecule has 0 fully saturated rings. The molecule has 4 rings (SSSR count). The Morgan fingerprint density at radius 2 is 1.56 bits per heavy atom. The predicted molar refractivity (Wildman–Crippen MR) is 95.4 cm³/mol. The van der Waals surface area contributed by atoms with Gasteiger partial charge in [-0.25, -0.2) is 29.9 Å². The monoisotopic (exact) mass is 340 g/mol. The summed E-state index contributed by atoms with van der Waals surface area (Å²) in [6.07, 6.45) is 6.43. The van der Waals surface area contributed by atoms with Crippen LogP contribution < -0.4 is 11.5 Å². The number of hydrogen-bond donors (Lipinski definition) is 4. The topological polar surface area (TPSA) is 161 Å². The average molecular weight is 340 g/mol. The number of nitrogens with zero attached hydrogens (tertiary/aromatic N) is 6. The number of rotatable bonds is 3. The van der Waals surface area contributed by atoms with Gasteiger partial charge >= 0.3 is 0 Å².